The van der Waals surface area contributed by atoms with E-state index < -0.39 is 5.66 Å². The molecule has 20 heavy (non-hydrogen) atoms. The zero-order valence-electron chi connectivity index (χ0n) is 10.8. The number of nitrogen functional groups attached to an aromatic ring is 1. The Kier molecular flexibility index (Phi) is 2.96. The molecule has 1 unspecified atom stereocenters. The van der Waals surface area contributed by atoms with Crippen LogP contribution in [0.15, 0.2) is 61.1 Å². The number of nitrogens with one attached hydrogen (secondary N) is 1. The fraction of sp³-hybridized carbons (Fsp3) is 0.0667. The van der Waals surface area contributed by atoms with E-state index in [2.05, 4.69) is 15.3 Å². The molecule has 0 aromatic carbocycles. The first-order valence-electron chi connectivity index (χ1n) is 6.27. The van der Waals surface area contributed by atoms with E-state index >= 15 is 0 Å². The maximum absolute atomic E-state index is 6.41. The van der Waals surface area contributed by atoms with Crippen molar-refractivity contribution in [3.05, 3.63) is 66.7 Å². The number of pyridine rings is 2. The molecule has 2 aromatic heterocycles. The fourth-order valence-electron chi connectivity index (χ4n) is 2.18. The van der Waals surface area contributed by atoms with E-state index in [0.29, 0.717) is 11.4 Å². The third kappa shape index (κ3) is 2.15. The van der Waals surface area contributed by atoms with Crippen LogP contribution in [0, 0.1) is 0 Å². The van der Waals surface area contributed by atoms with Gasteiger partial charge in [-0.3, -0.25) is 9.97 Å². The maximum atomic E-state index is 6.41. The van der Waals surface area contributed by atoms with Gasteiger partial charge in [0.1, 0.15) is 5.66 Å². The third-order valence-corrected chi connectivity index (χ3v) is 3.17. The highest BCUT2D eigenvalue weighted by atomic mass is 15.1. The second kappa shape index (κ2) is 4.79. The van der Waals surface area contributed by atoms with Crippen LogP contribution in [0.4, 0.5) is 5.69 Å². The lowest BCUT2D eigenvalue weighted by molar-refractivity contribution is 0.494. The molecule has 0 radical (unpaired) electrons. The molecule has 0 spiro atoms. The second-order valence-electron chi connectivity index (χ2n) is 4.61. The van der Waals surface area contributed by atoms with Crippen LogP contribution in [0.3, 0.4) is 0 Å². The highest BCUT2D eigenvalue weighted by molar-refractivity contribution is 5.64. The van der Waals surface area contributed by atoms with Crippen LogP contribution in [0.5, 0.6) is 0 Å². The minimum absolute atomic E-state index is 0.643. The van der Waals surface area contributed by atoms with Gasteiger partial charge in [-0.25, -0.2) is 0 Å². The van der Waals surface area contributed by atoms with Crippen molar-refractivity contribution in [1.29, 1.82) is 0 Å². The largest absolute Gasteiger partial charge is 0.399 e. The van der Waals surface area contributed by atoms with E-state index in [9.17, 15) is 0 Å². The Morgan fingerprint density at radius 2 is 2.00 bits per heavy atom. The van der Waals surface area contributed by atoms with Crippen LogP contribution < -0.4 is 16.8 Å². The van der Waals surface area contributed by atoms with Gasteiger partial charge in [0, 0.05) is 23.6 Å². The number of rotatable bonds is 2. The zero-order valence-corrected chi connectivity index (χ0v) is 10.8. The summed E-state index contributed by atoms with van der Waals surface area (Å²) < 4.78 is 0. The molecule has 0 bridgehead atoms. The smallest absolute Gasteiger partial charge is 0.133 e. The van der Waals surface area contributed by atoms with Crippen LogP contribution in [-0.2, 0) is 5.66 Å². The molecule has 3 rings (SSSR count). The molecule has 5 nitrogen and oxygen atoms in total. The number of nitrogens with zero attached hydrogens (tertiary/aromatic N) is 2. The fourth-order valence-corrected chi connectivity index (χ4v) is 2.18. The normalized spacial score (nSPS) is 20.6. The van der Waals surface area contributed by atoms with Gasteiger partial charge in [0.15, 0.2) is 0 Å². The van der Waals surface area contributed by atoms with Crippen molar-refractivity contribution >= 4 is 5.69 Å². The van der Waals surface area contributed by atoms with Crippen molar-refractivity contribution in [1.82, 2.24) is 15.3 Å². The summed E-state index contributed by atoms with van der Waals surface area (Å²) >= 11 is 0. The zero-order chi connectivity index (χ0) is 14.0. The Bertz CT molecular complexity index is 692. The molecule has 1 aliphatic heterocycles. The number of dihydropyridines is 1. The van der Waals surface area contributed by atoms with Gasteiger partial charge >= 0.3 is 0 Å². The van der Waals surface area contributed by atoms with Crippen molar-refractivity contribution in [2.45, 2.75) is 5.66 Å². The summed E-state index contributed by atoms with van der Waals surface area (Å²) in [5.74, 6) is 0. The molecule has 1 aliphatic rings. The summed E-state index contributed by atoms with van der Waals surface area (Å²) in [7, 11) is 0. The number of aromatic nitrogens is 2. The van der Waals surface area contributed by atoms with Gasteiger partial charge in [-0.15, -0.1) is 0 Å². The lowest BCUT2D eigenvalue weighted by atomic mass is 9.95. The summed E-state index contributed by atoms with van der Waals surface area (Å²) in [6.45, 7) is 0. The molecule has 100 valence electrons. The van der Waals surface area contributed by atoms with Crippen LogP contribution >= 0.6 is 0 Å². The average molecular weight is 265 g/mol. The van der Waals surface area contributed by atoms with Crippen LogP contribution in [0.2, 0.25) is 0 Å². The quantitative estimate of drug-likeness (QED) is 0.765. The van der Waals surface area contributed by atoms with Crippen LogP contribution in [0.1, 0.15) is 5.56 Å². The Labute approximate surface area is 117 Å². The number of nitrogens with two attached hydrogens (primary N) is 2. The van der Waals surface area contributed by atoms with Crippen molar-refractivity contribution in [3.8, 4) is 11.4 Å². The average Bonchev–Trinajstić information content (AvgIpc) is 2.48. The minimum atomic E-state index is -0.801. The van der Waals surface area contributed by atoms with Crippen LogP contribution in [-0.4, -0.2) is 9.97 Å². The summed E-state index contributed by atoms with van der Waals surface area (Å²) in [5, 5.41) is 3.15. The van der Waals surface area contributed by atoms with Gasteiger partial charge in [-0.2, -0.15) is 0 Å². The van der Waals surface area contributed by atoms with E-state index in [4.69, 9.17) is 11.5 Å². The Morgan fingerprint density at radius 3 is 2.75 bits per heavy atom. The molecular weight excluding hydrogens is 250 g/mol. The molecule has 0 fully saturated rings. The third-order valence-electron chi connectivity index (χ3n) is 3.17. The van der Waals surface area contributed by atoms with Gasteiger partial charge in [0.25, 0.3) is 0 Å². The Hall–Kier alpha value is -2.66. The van der Waals surface area contributed by atoms with Crippen molar-refractivity contribution in [2.24, 2.45) is 5.73 Å². The molecule has 5 N–H and O–H groups in total. The van der Waals surface area contributed by atoms with E-state index in [1.54, 1.807) is 24.5 Å². The van der Waals surface area contributed by atoms with Crippen molar-refractivity contribution in [3.63, 3.8) is 0 Å². The van der Waals surface area contributed by atoms with Gasteiger partial charge in [-0.05, 0) is 36.6 Å². The molecule has 0 amide bonds. The number of allylic oxidation sites excluding steroid dienone is 2. The second-order valence-corrected chi connectivity index (χ2v) is 4.61. The van der Waals surface area contributed by atoms with Crippen molar-refractivity contribution in [2.75, 3.05) is 5.73 Å². The summed E-state index contributed by atoms with van der Waals surface area (Å²) in [6.07, 6.45) is 10.9. The monoisotopic (exact) mass is 265 g/mol. The lowest BCUT2D eigenvalue weighted by Gasteiger charge is -2.30. The van der Waals surface area contributed by atoms with Gasteiger partial charge in [-0.1, -0.05) is 12.1 Å². The van der Waals surface area contributed by atoms with Crippen molar-refractivity contribution < 1.29 is 0 Å². The number of hydrogen-bond acceptors (Lipinski definition) is 5. The molecular formula is C15H15N5. The summed E-state index contributed by atoms with van der Waals surface area (Å²) in [4.78, 5) is 8.74. The highest BCUT2D eigenvalue weighted by Gasteiger charge is 2.28. The number of anilines is 1. The molecule has 1 atom stereocenters. The van der Waals surface area contributed by atoms with Crippen LogP contribution in [0.25, 0.3) is 11.4 Å². The summed E-state index contributed by atoms with van der Waals surface area (Å²) in [6, 6.07) is 7.32. The predicted molar refractivity (Wildman–Crippen MR) is 79.2 cm³/mol. The standard InChI is InChI=1S/C15H15N5/c16-11-5-9-18-13(10-11)14-12(4-3-7-19-14)15(17)6-1-2-8-20-15/h1-10,20H,17H2,(H2,16,18). The summed E-state index contributed by atoms with van der Waals surface area (Å²) in [5.41, 5.74) is 14.3. The Morgan fingerprint density at radius 1 is 1.10 bits per heavy atom. The highest BCUT2D eigenvalue weighted by Crippen LogP contribution is 2.28. The lowest BCUT2D eigenvalue weighted by Crippen LogP contribution is -2.47. The Balaban J connectivity index is 2.14. The van der Waals surface area contributed by atoms with E-state index in [1.807, 2.05) is 36.6 Å². The molecule has 0 saturated carbocycles. The molecule has 0 aliphatic carbocycles. The van der Waals surface area contributed by atoms with E-state index in [0.717, 1.165) is 11.3 Å². The number of hydrogen-bond donors (Lipinski definition) is 3. The predicted octanol–water partition coefficient (Wildman–Crippen LogP) is 1.51. The van der Waals surface area contributed by atoms with E-state index in [1.165, 1.54) is 0 Å². The minimum Gasteiger partial charge on any atom is -0.399 e. The SMILES string of the molecule is Nc1ccnc(-c2ncccc2C2(N)C=CC=CN2)c1. The maximum Gasteiger partial charge on any atom is 0.133 e. The van der Waals surface area contributed by atoms with Gasteiger partial charge < -0.3 is 16.8 Å². The molecule has 2 aromatic rings. The first-order valence-corrected chi connectivity index (χ1v) is 6.27. The van der Waals surface area contributed by atoms with Gasteiger partial charge in [0.05, 0.1) is 11.4 Å². The molecule has 3 heterocycles. The topological polar surface area (TPSA) is 89.8 Å². The first-order chi connectivity index (χ1) is 9.69. The van der Waals surface area contributed by atoms with Gasteiger partial charge in [0.2, 0.25) is 0 Å². The first kappa shape index (κ1) is 12.4. The molecule has 5 heteroatoms. The van der Waals surface area contributed by atoms with E-state index in [-0.39, 0.29) is 0 Å². The molecule has 0 saturated heterocycles.